The molecule has 0 radical (unpaired) electrons. The summed E-state index contributed by atoms with van der Waals surface area (Å²) < 4.78 is 12.4. The first kappa shape index (κ1) is 16.7. The summed E-state index contributed by atoms with van der Waals surface area (Å²) in [7, 11) is 0. The molecule has 28 heavy (non-hydrogen) atoms. The Labute approximate surface area is 159 Å². The lowest BCUT2D eigenvalue weighted by Crippen LogP contribution is -2.29. The number of hydrogen-bond donors (Lipinski definition) is 0. The zero-order valence-electron chi connectivity index (χ0n) is 15.1. The Bertz CT molecular complexity index is 1270. The number of benzene rings is 2. The van der Waals surface area contributed by atoms with Crippen molar-refractivity contribution in [1.29, 1.82) is 0 Å². The lowest BCUT2D eigenvalue weighted by molar-refractivity contribution is -0.135. The predicted molar refractivity (Wildman–Crippen MR) is 102 cm³/mol. The monoisotopic (exact) mass is 375 g/mol. The largest absolute Gasteiger partial charge is 0.461 e. The van der Waals surface area contributed by atoms with Gasteiger partial charge in [0.15, 0.2) is 0 Å². The van der Waals surface area contributed by atoms with E-state index in [0.29, 0.717) is 16.7 Å². The number of aryl methyl sites for hydroxylation is 2. The molecule has 140 valence electrons. The van der Waals surface area contributed by atoms with Gasteiger partial charge in [-0.25, -0.2) is 4.79 Å². The number of fused-ring (bicyclic) bond motifs is 4. The van der Waals surface area contributed by atoms with E-state index in [1.807, 2.05) is 12.1 Å². The number of carbonyl (C=O) groups excluding carboxylic acids is 1. The van der Waals surface area contributed by atoms with Gasteiger partial charge >= 0.3 is 5.97 Å². The van der Waals surface area contributed by atoms with E-state index >= 15 is 0 Å². The van der Waals surface area contributed by atoms with Gasteiger partial charge in [0.1, 0.15) is 29.2 Å². The van der Waals surface area contributed by atoms with E-state index in [9.17, 15) is 9.59 Å². The van der Waals surface area contributed by atoms with E-state index in [-0.39, 0.29) is 12.1 Å². The Balaban J connectivity index is 1.40. The maximum atomic E-state index is 12.5. The van der Waals surface area contributed by atoms with Gasteiger partial charge in [0.05, 0.1) is 5.39 Å². The molecule has 1 aliphatic carbocycles. The predicted octanol–water partition coefficient (Wildman–Crippen LogP) is 3.02. The molecule has 1 aliphatic rings. The van der Waals surface area contributed by atoms with Crippen LogP contribution in [-0.2, 0) is 24.2 Å². The van der Waals surface area contributed by atoms with Crippen LogP contribution in [0.3, 0.4) is 0 Å². The first-order valence-corrected chi connectivity index (χ1v) is 9.26. The van der Waals surface area contributed by atoms with Crippen LogP contribution in [-0.4, -0.2) is 21.0 Å². The maximum absolute atomic E-state index is 12.5. The van der Waals surface area contributed by atoms with Gasteiger partial charge in [-0.05, 0) is 49.6 Å². The second-order valence-corrected chi connectivity index (χ2v) is 6.91. The van der Waals surface area contributed by atoms with Gasteiger partial charge in [0.2, 0.25) is 0 Å². The third-order valence-corrected chi connectivity index (χ3v) is 5.07. The van der Waals surface area contributed by atoms with E-state index in [1.54, 1.807) is 30.3 Å². The Morgan fingerprint density at radius 3 is 2.89 bits per heavy atom. The van der Waals surface area contributed by atoms with E-state index < -0.39 is 5.97 Å². The highest BCUT2D eigenvalue weighted by atomic mass is 16.5. The summed E-state index contributed by atoms with van der Waals surface area (Å²) in [5.74, 6) is 0.875. The average molecular weight is 375 g/mol. The molecule has 0 atom stereocenters. The van der Waals surface area contributed by atoms with Gasteiger partial charge in [0.25, 0.3) is 5.56 Å². The molecule has 0 spiro atoms. The summed E-state index contributed by atoms with van der Waals surface area (Å²) >= 11 is 0. The van der Waals surface area contributed by atoms with Gasteiger partial charge < -0.3 is 9.15 Å². The summed E-state index contributed by atoms with van der Waals surface area (Å²) in [4.78, 5) is 24.8. The molecule has 0 amide bonds. The van der Waals surface area contributed by atoms with Crippen molar-refractivity contribution in [3.63, 3.8) is 0 Å². The molecular formula is C21H17N3O4. The number of rotatable bonds is 3. The quantitative estimate of drug-likeness (QED) is 0.404. The van der Waals surface area contributed by atoms with Gasteiger partial charge in [-0.15, -0.1) is 5.10 Å². The first-order valence-electron chi connectivity index (χ1n) is 9.26. The lowest BCUT2D eigenvalue weighted by Gasteiger charge is -2.09. The molecule has 2 aromatic heterocycles. The van der Waals surface area contributed by atoms with Gasteiger partial charge in [-0.2, -0.15) is 4.68 Å². The zero-order valence-corrected chi connectivity index (χ0v) is 15.1. The van der Waals surface area contributed by atoms with E-state index in [0.717, 1.165) is 47.1 Å². The zero-order chi connectivity index (χ0) is 19.1. The fraction of sp³-hybridized carbons (Fsp3) is 0.238. The number of nitrogens with zero attached hydrogens (tertiary/aromatic N) is 3. The molecule has 4 aromatic rings. The van der Waals surface area contributed by atoms with Crippen LogP contribution < -0.4 is 10.3 Å². The second kappa shape index (κ2) is 6.60. The number of hydrogen-bond acceptors (Lipinski definition) is 6. The summed E-state index contributed by atoms with van der Waals surface area (Å²) in [5, 5.41) is 9.20. The van der Waals surface area contributed by atoms with Gasteiger partial charge in [-0.1, -0.05) is 17.3 Å². The Morgan fingerprint density at radius 2 is 1.96 bits per heavy atom. The molecule has 0 bridgehead atoms. The van der Waals surface area contributed by atoms with Crippen LogP contribution in [0, 0.1) is 0 Å². The fourth-order valence-electron chi connectivity index (χ4n) is 3.72. The summed E-state index contributed by atoms with van der Waals surface area (Å²) in [5.41, 5.74) is 2.13. The molecule has 0 aliphatic heterocycles. The summed E-state index contributed by atoms with van der Waals surface area (Å²) in [6.45, 7) is -0.307. The molecule has 0 saturated heterocycles. The van der Waals surface area contributed by atoms with Crippen LogP contribution in [0.2, 0.25) is 0 Å². The second-order valence-electron chi connectivity index (χ2n) is 6.91. The van der Waals surface area contributed by atoms with Crippen LogP contribution in [0.1, 0.15) is 24.2 Å². The van der Waals surface area contributed by atoms with Crippen LogP contribution >= 0.6 is 0 Å². The molecular weight excluding hydrogens is 358 g/mol. The minimum atomic E-state index is -0.580. The van der Waals surface area contributed by atoms with E-state index in [1.165, 1.54) is 5.56 Å². The minimum Gasteiger partial charge on any atom is -0.461 e. The van der Waals surface area contributed by atoms with Crippen LogP contribution in [0.25, 0.3) is 21.9 Å². The summed E-state index contributed by atoms with van der Waals surface area (Å²) in [6.07, 6.45) is 4.19. The highest BCUT2D eigenvalue weighted by molar-refractivity contribution is 5.85. The highest BCUT2D eigenvalue weighted by Gasteiger charge is 2.19. The SMILES string of the molecule is O=C(Cn1nnc2ccccc2c1=O)Oc1ccc2oc3c(c2c1)CCCC3. The molecule has 5 rings (SSSR count). The van der Waals surface area contributed by atoms with Crippen molar-refractivity contribution < 1.29 is 13.9 Å². The van der Waals surface area contributed by atoms with Crippen molar-refractivity contribution in [2.45, 2.75) is 32.2 Å². The van der Waals surface area contributed by atoms with Crippen molar-refractivity contribution in [2.75, 3.05) is 0 Å². The van der Waals surface area contributed by atoms with Crippen LogP contribution in [0.5, 0.6) is 5.75 Å². The maximum Gasteiger partial charge on any atom is 0.333 e. The van der Waals surface area contributed by atoms with E-state index in [4.69, 9.17) is 9.15 Å². The number of carbonyl (C=O) groups is 1. The highest BCUT2D eigenvalue weighted by Crippen LogP contribution is 2.33. The third kappa shape index (κ3) is 2.85. The molecule has 7 nitrogen and oxygen atoms in total. The molecule has 7 heteroatoms. The fourth-order valence-corrected chi connectivity index (χ4v) is 3.72. The first-order chi connectivity index (χ1) is 13.7. The molecule has 0 fully saturated rings. The molecule has 2 heterocycles. The van der Waals surface area contributed by atoms with Crippen molar-refractivity contribution in [2.24, 2.45) is 0 Å². The Hall–Kier alpha value is -3.48. The smallest absolute Gasteiger partial charge is 0.333 e. The Morgan fingerprint density at radius 1 is 1.11 bits per heavy atom. The number of furan rings is 1. The molecule has 0 saturated carbocycles. The van der Waals surface area contributed by atoms with E-state index in [2.05, 4.69) is 10.3 Å². The summed E-state index contributed by atoms with van der Waals surface area (Å²) in [6, 6.07) is 12.2. The number of aromatic nitrogens is 3. The molecule has 0 unspecified atom stereocenters. The Kier molecular flexibility index (Phi) is 3.93. The van der Waals surface area contributed by atoms with Crippen molar-refractivity contribution >= 4 is 27.8 Å². The van der Waals surface area contributed by atoms with Crippen molar-refractivity contribution in [3.05, 3.63) is 64.1 Å². The van der Waals surface area contributed by atoms with Crippen molar-refractivity contribution in [3.8, 4) is 5.75 Å². The molecule has 2 aromatic carbocycles. The van der Waals surface area contributed by atoms with Crippen molar-refractivity contribution in [1.82, 2.24) is 15.0 Å². The third-order valence-electron chi connectivity index (χ3n) is 5.07. The lowest BCUT2D eigenvalue weighted by atomic mass is 9.96. The topological polar surface area (TPSA) is 87.2 Å². The van der Waals surface area contributed by atoms with Crippen LogP contribution in [0.4, 0.5) is 0 Å². The molecule has 0 N–H and O–H groups in total. The standard InChI is InChI=1S/C21H17N3O4/c25-20(12-24-21(26)15-6-1-3-7-17(15)22-23-24)27-13-9-10-19-16(11-13)14-5-2-4-8-18(14)28-19/h1,3,6-7,9-11H,2,4-5,8,12H2. The van der Waals surface area contributed by atoms with Crippen LogP contribution in [0.15, 0.2) is 51.7 Å². The van der Waals surface area contributed by atoms with Gasteiger partial charge in [-0.3, -0.25) is 4.79 Å². The normalized spacial score (nSPS) is 13.6. The average Bonchev–Trinajstić information content (AvgIpc) is 3.08. The minimum absolute atomic E-state index is 0.307. The number of ether oxygens (including phenoxy) is 1. The number of esters is 1. The van der Waals surface area contributed by atoms with Gasteiger partial charge in [0, 0.05) is 17.4 Å².